The Hall–Kier alpha value is -2.12. The van der Waals surface area contributed by atoms with E-state index in [1.165, 1.54) is 6.42 Å². The number of ether oxygens (including phenoxy) is 1. The molecular weight excluding hydrogens is 380 g/mol. The zero-order valence-electron chi connectivity index (χ0n) is 16.0. The van der Waals surface area contributed by atoms with E-state index in [2.05, 4.69) is 15.5 Å². The van der Waals surface area contributed by atoms with E-state index >= 15 is 0 Å². The summed E-state index contributed by atoms with van der Waals surface area (Å²) in [5, 5.41) is 6.84. The highest BCUT2D eigenvalue weighted by molar-refractivity contribution is 5.92. The fourth-order valence-corrected chi connectivity index (χ4v) is 4.43. The van der Waals surface area contributed by atoms with E-state index in [0.717, 1.165) is 31.4 Å². The molecule has 2 aliphatic rings. The van der Waals surface area contributed by atoms with Crippen molar-refractivity contribution in [1.82, 2.24) is 10.1 Å². The highest BCUT2D eigenvalue weighted by atomic mass is 35.5. The maximum absolute atomic E-state index is 12.7. The Morgan fingerprint density at radius 1 is 1.25 bits per heavy atom. The number of benzene rings is 1. The maximum Gasteiger partial charge on any atom is 0.227 e. The van der Waals surface area contributed by atoms with E-state index in [0.29, 0.717) is 29.3 Å². The van der Waals surface area contributed by atoms with Gasteiger partial charge in [0.25, 0.3) is 0 Å². The van der Waals surface area contributed by atoms with E-state index < -0.39 is 0 Å². The zero-order valence-corrected chi connectivity index (χ0v) is 16.8. The summed E-state index contributed by atoms with van der Waals surface area (Å²) >= 11 is 0. The molecule has 7 nitrogen and oxygen atoms in total. The molecule has 8 heteroatoms. The molecule has 0 spiro atoms. The average molecular weight is 407 g/mol. The van der Waals surface area contributed by atoms with Gasteiger partial charge >= 0.3 is 0 Å². The summed E-state index contributed by atoms with van der Waals surface area (Å²) in [5.74, 6) is 2.88. The largest absolute Gasteiger partial charge is 0.485 e. The Bertz CT molecular complexity index is 781. The number of carbonyl (C=O) groups is 1. The Morgan fingerprint density at radius 3 is 2.54 bits per heavy atom. The summed E-state index contributed by atoms with van der Waals surface area (Å²) in [7, 11) is 0. The van der Waals surface area contributed by atoms with Crippen LogP contribution in [0.5, 0.6) is 5.75 Å². The first kappa shape index (κ1) is 20.6. The maximum atomic E-state index is 12.7. The first-order valence-electron chi connectivity index (χ1n) is 9.67. The van der Waals surface area contributed by atoms with Gasteiger partial charge in [-0.25, -0.2) is 0 Å². The second kappa shape index (κ2) is 8.92. The van der Waals surface area contributed by atoms with Gasteiger partial charge in [-0.3, -0.25) is 4.79 Å². The molecule has 2 fully saturated rings. The molecule has 4 rings (SSSR count). The fraction of sp³-hybridized carbons (Fsp3) is 0.550. The van der Waals surface area contributed by atoms with Crippen LogP contribution in [0.2, 0.25) is 0 Å². The third-order valence-corrected chi connectivity index (χ3v) is 5.84. The van der Waals surface area contributed by atoms with Crippen molar-refractivity contribution in [1.29, 1.82) is 0 Å². The Morgan fingerprint density at radius 2 is 1.93 bits per heavy atom. The SMILES string of the molecule is Cc1nc(COc2ccc(NC(=O)C3CC4CCCC(C3)C4N)cc2)no1.Cl. The lowest BCUT2D eigenvalue weighted by atomic mass is 9.65. The second-order valence-corrected chi connectivity index (χ2v) is 7.73. The monoisotopic (exact) mass is 406 g/mol. The number of nitrogens with zero attached hydrogens (tertiary/aromatic N) is 2. The van der Waals surface area contributed by atoms with Crippen LogP contribution in [0.15, 0.2) is 28.8 Å². The summed E-state index contributed by atoms with van der Waals surface area (Å²) < 4.78 is 10.5. The van der Waals surface area contributed by atoms with Gasteiger partial charge < -0.3 is 20.3 Å². The molecule has 0 radical (unpaired) electrons. The van der Waals surface area contributed by atoms with Crippen LogP contribution in [0.4, 0.5) is 5.69 Å². The topological polar surface area (TPSA) is 103 Å². The highest BCUT2D eigenvalue weighted by Crippen LogP contribution is 2.42. The summed E-state index contributed by atoms with van der Waals surface area (Å²) in [6.07, 6.45) is 5.40. The molecule has 0 aliphatic heterocycles. The van der Waals surface area contributed by atoms with Gasteiger partial charge in [0.1, 0.15) is 5.75 Å². The molecule has 1 aromatic carbocycles. The summed E-state index contributed by atoms with van der Waals surface area (Å²) in [5.41, 5.74) is 7.11. The zero-order chi connectivity index (χ0) is 18.8. The number of carbonyl (C=O) groups excluding carboxylic acids is 1. The molecule has 2 aliphatic carbocycles. The highest BCUT2D eigenvalue weighted by Gasteiger charge is 2.40. The van der Waals surface area contributed by atoms with Crippen LogP contribution >= 0.6 is 12.4 Å². The molecule has 2 atom stereocenters. The molecule has 152 valence electrons. The van der Waals surface area contributed by atoms with Gasteiger partial charge in [-0.2, -0.15) is 4.98 Å². The number of anilines is 1. The molecule has 2 unspecified atom stereocenters. The number of halogens is 1. The van der Waals surface area contributed by atoms with Crippen molar-refractivity contribution in [2.45, 2.75) is 51.7 Å². The van der Waals surface area contributed by atoms with Crippen LogP contribution in [-0.2, 0) is 11.4 Å². The smallest absolute Gasteiger partial charge is 0.227 e. The van der Waals surface area contributed by atoms with E-state index in [-0.39, 0.29) is 36.9 Å². The van der Waals surface area contributed by atoms with Crippen molar-refractivity contribution >= 4 is 24.0 Å². The number of hydrogen-bond donors (Lipinski definition) is 2. The van der Waals surface area contributed by atoms with E-state index in [4.69, 9.17) is 15.0 Å². The van der Waals surface area contributed by atoms with Crippen molar-refractivity contribution in [3.63, 3.8) is 0 Å². The normalized spacial score (nSPS) is 26.2. The molecule has 1 heterocycles. The first-order chi connectivity index (χ1) is 13.1. The van der Waals surface area contributed by atoms with Crippen molar-refractivity contribution < 1.29 is 14.1 Å². The van der Waals surface area contributed by atoms with Gasteiger partial charge in [-0.15, -0.1) is 12.4 Å². The second-order valence-electron chi connectivity index (χ2n) is 7.73. The number of hydrogen-bond acceptors (Lipinski definition) is 6. The minimum atomic E-state index is 0. The van der Waals surface area contributed by atoms with Crippen LogP contribution in [0.1, 0.15) is 43.8 Å². The van der Waals surface area contributed by atoms with Crippen molar-refractivity contribution in [2.24, 2.45) is 23.5 Å². The van der Waals surface area contributed by atoms with Gasteiger partial charge in [0.15, 0.2) is 6.61 Å². The molecule has 1 amide bonds. The van der Waals surface area contributed by atoms with Gasteiger partial charge in [-0.1, -0.05) is 11.6 Å². The van der Waals surface area contributed by atoms with Crippen molar-refractivity contribution in [3.05, 3.63) is 36.0 Å². The fourth-order valence-electron chi connectivity index (χ4n) is 4.43. The van der Waals surface area contributed by atoms with Gasteiger partial charge in [0.05, 0.1) is 0 Å². The van der Waals surface area contributed by atoms with Gasteiger partial charge in [0, 0.05) is 24.6 Å². The van der Waals surface area contributed by atoms with Crippen molar-refractivity contribution in [3.8, 4) is 5.75 Å². The lowest BCUT2D eigenvalue weighted by Gasteiger charge is -2.43. The van der Waals surface area contributed by atoms with E-state index in [9.17, 15) is 4.79 Å². The Balaban J connectivity index is 0.00000225. The molecule has 2 bridgehead atoms. The predicted molar refractivity (Wildman–Crippen MR) is 107 cm³/mol. The van der Waals surface area contributed by atoms with Crippen LogP contribution < -0.4 is 15.8 Å². The minimum absolute atomic E-state index is 0. The van der Waals surface area contributed by atoms with Crippen LogP contribution in [0, 0.1) is 24.7 Å². The Labute approximate surface area is 170 Å². The number of amides is 1. The van der Waals surface area contributed by atoms with Gasteiger partial charge in [0.2, 0.25) is 17.6 Å². The lowest BCUT2D eigenvalue weighted by Crippen LogP contribution is -2.48. The number of aromatic nitrogens is 2. The Kier molecular flexibility index (Phi) is 6.57. The average Bonchev–Trinajstić information content (AvgIpc) is 3.06. The molecule has 28 heavy (non-hydrogen) atoms. The number of nitrogens with one attached hydrogen (secondary N) is 1. The van der Waals surface area contributed by atoms with Crippen molar-refractivity contribution in [2.75, 3.05) is 5.32 Å². The van der Waals surface area contributed by atoms with Gasteiger partial charge in [-0.05, 0) is 61.8 Å². The molecular formula is C20H27ClN4O3. The molecule has 0 saturated heterocycles. The van der Waals surface area contributed by atoms with Crippen LogP contribution in [-0.4, -0.2) is 22.1 Å². The van der Waals surface area contributed by atoms with Crippen LogP contribution in [0.3, 0.4) is 0 Å². The van der Waals surface area contributed by atoms with E-state index in [1.807, 2.05) is 24.3 Å². The summed E-state index contributed by atoms with van der Waals surface area (Å²) in [6, 6.07) is 7.64. The number of rotatable bonds is 5. The number of nitrogens with two attached hydrogens (primary N) is 1. The molecule has 2 saturated carbocycles. The summed E-state index contributed by atoms with van der Waals surface area (Å²) in [4.78, 5) is 16.8. The standard InChI is InChI=1S/C20H26N4O3.ClH/c1-12-22-18(24-27-12)11-26-17-7-5-16(6-8-17)23-20(25)15-9-13-3-2-4-14(10-15)19(13)21;/h5-8,13-15,19H,2-4,9-11,21H2,1H3,(H,23,25);1H. The van der Waals surface area contributed by atoms with Crippen LogP contribution in [0.25, 0.3) is 0 Å². The number of fused-ring (bicyclic) bond motifs is 2. The molecule has 3 N–H and O–H groups in total. The first-order valence-corrected chi connectivity index (χ1v) is 9.67. The third kappa shape index (κ3) is 4.64. The third-order valence-electron chi connectivity index (χ3n) is 5.84. The molecule has 1 aromatic heterocycles. The van der Waals surface area contributed by atoms with E-state index in [1.54, 1.807) is 6.92 Å². The predicted octanol–water partition coefficient (Wildman–Crippen LogP) is 3.47. The quantitative estimate of drug-likeness (QED) is 0.787. The summed E-state index contributed by atoms with van der Waals surface area (Å²) in [6.45, 7) is 1.98. The minimum Gasteiger partial charge on any atom is -0.485 e. The molecule has 2 aromatic rings. The number of aryl methyl sites for hydroxylation is 1. The lowest BCUT2D eigenvalue weighted by molar-refractivity contribution is -0.122.